The second-order valence-electron chi connectivity index (χ2n) is 2.17. The number of hydrogen-bond donors (Lipinski definition) is 2. The van der Waals surface area contributed by atoms with Crippen molar-refractivity contribution in [1.29, 1.82) is 0 Å². The summed E-state index contributed by atoms with van der Waals surface area (Å²) in [6.45, 7) is 1.80. The Bertz CT molecular complexity index is 325. The number of H-pyrrole nitrogens is 1. The third kappa shape index (κ3) is 1.48. The molecule has 5 heteroatoms. The number of nitrogens with zero attached hydrogens (tertiary/aromatic N) is 1. The molecule has 1 heterocycles. The third-order valence-corrected chi connectivity index (χ3v) is 1.65. The van der Waals surface area contributed by atoms with E-state index in [9.17, 15) is 4.79 Å². The molecule has 1 aromatic rings. The van der Waals surface area contributed by atoms with Crippen LogP contribution in [0.3, 0.4) is 0 Å². The van der Waals surface area contributed by atoms with Crippen LogP contribution in [0.1, 0.15) is 5.69 Å². The number of aromatic nitrogens is 2. The van der Waals surface area contributed by atoms with E-state index in [-0.39, 0.29) is 5.56 Å². The lowest BCUT2D eigenvalue weighted by Crippen LogP contribution is -2.32. The Morgan fingerprint density at radius 3 is 2.82 bits per heavy atom. The predicted octanol–water partition coefficient (Wildman–Crippen LogP) is -0.163. The van der Waals surface area contributed by atoms with Crippen LogP contribution in [-0.4, -0.2) is 21.9 Å². The highest BCUT2D eigenvalue weighted by Crippen LogP contribution is 1.84. The summed E-state index contributed by atoms with van der Waals surface area (Å²) in [7, 11) is 1.67. The lowest BCUT2D eigenvalue weighted by atomic mass is 10.5. The summed E-state index contributed by atoms with van der Waals surface area (Å²) in [4.78, 5) is 11.0. The average Bonchev–Trinajstić information content (AvgIpc) is 2.28. The first kappa shape index (κ1) is 8.00. The lowest BCUT2D eigenvalue weighted by molar-refractivity contribution is 0.861. The zero-order valence-corrected chi connectivity index (χ0v) is 7.16. The Hall–Kier alpha value is -1.10. The highest BCUT2D eigenvalue weighted by molar-refractivity contribution is 7.80. The van der Waals surface area contributed by atoms with Crippen LogP contribution >= 0.6 is 12.2 Å². The molecular formula is C6H9N3OS. The van der Waals surface area contributed by atoms with Crippen molar-refractivity contribution in [2.24, 2.45) is 0 Å². The zero-order chi connectivity index (χ0) is 8.43. The van der Waals surface area contributed by atoms with Crippen LogP contribution in [0.2, 0.25) is 0 Å². The third-order valence-electron chi connectivity index (χ3n) is 1.27. The van der Waals surface area contributed by atoms with E-state index in [0.717, 1.165) is 5.69 Å². The highest BCUT2D eigenvalue weighted by atomic mass is 32.1. The minimum absolute atomic E-state index is 0.137. The maximum absolute atomic E-state index is 11.0. The number of nitrogens with one attached hydrogen (secondary N) is 2. The molecule has 1 rings (SSSR count). The van der Waals surface area contributed by atoms with Gasteiger partial charge < -0.3 is 5.32 Å². The van der Waals surface area contributed by atoms with Crippen molar-refractivity contribution in [3.63, 3.8) is 0 Å². The van der Waals surface area contributed by atoms with Crippen LogP contribution in [0.15, 0.2) is 10.9 Å². The molecule has 4 nitrogen and oxygen atoms in total. The molecule has 0 aliphatic rings. The van der Waals surface area contributed by atoms with E-state index in [0.29, 0.717) is 5.11 Å². The van der Waals surface area contributed by atoms with Crippen LogP contribution < -0.4 is 10.9 Å². The number of aryl methyl sites for hydroxylation is 1. The maximum atomic E-state index is 11.0. The normalized spacial score (nSPS) is 9.64. The van der Waals surface area contributed by atoms with Gasteiger partial charge in [-0.05, 0) is 19.1 Å². The number of rotatable bonds is 0. The van der Waals surface area contributed by atoms with Crippen molar-refractivity contribution in [3.8, 4) is 0 Å². The van der Waals surface area contributed by atoms with E-state index in [2.05, 4.69) is 10.4 Å². The topological polar surface area (TPSA) is 49.8 Å². The molecule has 0 radical (unpaired) electrons. The number of aromatic amines is 1. The number of thiocarbonyl (C=S) groups is 1. The van der Waals surface area contributed by atoms with Gasteiger partial charge in [0.1, 0.15) is 0 Å². The first-order valence-electron chi connectivity index (χ1n) is 3.16. The van der Waals surface area contributed by atoms with Gasteiger partial charge in [-0.2, -0.15) is 4.68 Å². The average molecular weight is 171 g/mol. The monoisotopic (exact) mass is 171 g/mol. The fraction of sp³-hybridized carbons (Fsp3) is 0.333. The van der Waals surface area contributed by atoms with E-state index >= 15 is 0 Å². The molecule has 0 atom stereocenters. The fourth-order valence-electron chi connectivity index (χ4n) is 0.776. The molecule has 0 unspecified atom stereocenters. The van der Waals surface area contributed by atoms with E-state index in [4.69, 9.17) is 12.2 Å². The standard InChI is InChI=1S/C6H9N3OS/c1-4-3-5(10)9(8-4)6(11)7-2/h3,8H,1-2H3,(H,7,11). The van der Waals surface area contributed by atoms with Gasteiger partial charge in [0.05, 0.1) is 0 Å². The number of hydrogen-bond acceptors (Lipinski definition) is 2. The molecule has 1 aromatic heterocycles. The summed E-state index contributed by atoms with van der Waals surface area (Å²) in [5.41, 5.74) is 0.662. The van der Waals surface area contributed by atoms with Gasteiger partial charge in [-0.15, -0.1) is 0 Å². The molecule has 0 spiro atoms. The highest BCUT2D eigenvalue weighted by Gasteiger charge is 2.01. The van der Waals surface area contributed by atoms with Crippen LogP contribution in [0.4, 0.5) is 0 Å². The Balaban J connectivity index is 3.13. The van der Waals surface area contributed by atoms with Gasteiger partial charge in [-0.25, -0.2) is 0 Å². The van der Waals surface area contributed by atoms with Gasteiger partial charge in [0.15, 0.2) is 5.11 Å². The summed E-state index contributed by atoms with van der Waals surface area (Å²) >= 11 is 4.84. The second kappa shape index (κ2) is 2.87. The van der Waals surface area contributed by atoms with Crippen LogP contribution in [-0.2, 0) is 0 Å². The van der Waals surface area contributed by atoms with Gasteiger partial charge in [0.2, 0.25) is 0 Å². The van der Waals surface area contributed by atoms with Crippen molar-refractivity contribution < 1.29 is 0 Å². The van der Waals surface area contributed by atoms with E-state index in [1.54, 1.807) is 14.0 Å². The van der Waals surface area contributed by atoms with Crippen LogP contribution in [0, 0.1) is 6.92 Å². The Kier molecular flexibility index (Phi) is 2.09. The van der Waals surface area contributed by atoms with Crippen molar-refractivity contribution in [2.75, 3.05) is 7.05 Å². The van der Waals surface area contributed by atoms with E-state index in [1.165, 1.54) is 10.7 Å². The Labute approximate surface area is 69.2 Å². The molecule has 0 saturated carbocycles. The second-order valence-corrected chi connectivity index (χ2v) is 2.55. The van der Waals surface area contributed by atoms with Crippen LogP contribution in [0.5, 0.6) is 0 Å². The molecule has 60 valence electrons. The molecule has 11 heavy (non-hydrogen) atoms. The van der Waals surface area contributed by atoms with Gasteiger partial charge in [-0.3, -0.25) is 9.89 Å². The summed E-state index contributed by atoms with van der Waals surface area (Å²) in [6, 6.07) is 1.49. The van der Waals surface area contributed by atoms with Gasteiger partial charge in [-0.1, -0.05) is 0 Å². The minimum Gasteiger partial charge on any atom is -0.364 e. The van der Waals surface area contributed by atoms with Crippen molar-refractivity contribution in [1.82, 2.24) is 15.1 Å². The molecule has 0 aliphatic heterocycles. The molecule has 0 saturated heterocycles. The van der Waals surface area contributed by atoms with Gasteiger partial charge in [0.25, 0.3) is 5.56 Å². The summed E-state index contributed by atoms with van der Waals surface area (Å²) in [6.07, 6.45) is 0. The molecule has 0 fully saturated rings. The van der Waals surface area contributed by atoms with Gasteiger partial charge >= 0.3 is 0 Å². The SMILES string of the molecule is CNC(=S)n1[nH]c(C)cc1=O. The summed E-state index contributed by atoms with van der Waals surface area (Å²) in [5.74, 6) is 0. The van der Waals surface area contributed by atoms with Gasteiger partial charge in [0, 0.05) is 18.8 Å². The quantitative estimate of drug-likeness (QED) is 0.533. The maximum Gasteiger partial charge on any atom is 0.273 e. The van der Waals surface area contributed by atoms with Crippen molar-refractivity contribution >= 4 is 17.3 Å². The smallest absolute Gasteiger partial charge is 0.273 e. The first-order valence-corrected chi connectivity index (χ1v) is 3.56. The van der Waals surface area contributed by atoms with Crippen LogP contribution in [0.25, 0.3) is 0 Å². The van der Waals surface area contributed by atoms with Crippen molar-refractivity contribution in [2.45, 2.75) is 6.92 Å². The molecule has 0 aromatic carbocycles. The predicted molar refractivity (Wildman–Crippen MR) is 46.8 cm³/mol. The molecular weight excluding hydrogens is 162 g/mol. The lowest BCUT2D eigenvalue weighted by Gasteiger charge is -2.00. The Morgan fingerprint density at radius 2 is 2.45 bits per heavy atom. The molecule has 0 bridgehead atoms. The Morgan fingerprint density at radius 1 is 1.82 bits per heavy atom. The molecule has 2 N–H and O–H groups in total. The minimum atomic E-state index is -0.137. The van der Waals surface area contributed by atoms with E-state index < -0.39 is 0 Å². The summed E-state index contributed by atoms with van der Waals surface area (Å²) in [5, 5.41) is 5.87. The summed E-state index contributed by atoms with van der Waals surface area (Å²) < 4.78 is 1.28. The largest absolute Gasteiger partial charge is 0.364 e. The van der Waals surface area contributed by atoms with Crippen molar-refractivity contribution in [3.05, 3.63) is 22.1 Å². The van der Waals surface area contributed by atoms with E-state index in [1.807, 2.05) is 0 Å². The zero-order valence-electron chi connectivity index (χ0n) is 6.34. The first-order chi connectivity index (χ1) is 5.15. The fourth-order valence-corrected chi connectivity index (χ4v) is 0.912. The molecule has 0 amide bonds. The molecule has 0 aliphatic carbocycles.